The molecule has 0 bridgehead atoms. The van der Waals surface area contributed by atoms with Crippen molar-refractivity contribution in [1.82, 2.24) is 14.7 Å². The summed E-state index contributed by atoms with van der Waals surface area (Å²) in [4.78, 5) is 26.1. The number of aromatic nitrogens is 2. The van der Waals surface area contributed by atoms with Crippen LogP contribution in [0.5, 0.6) is 0 Å². The van der Waals surface area contributed by atoms with E-state index in [1.165, 1.54) is 0 Å². The van der Waals surface area contributed by atoms with Gasteiger partial charge in [-0.1, -0.05) is 12.8 Å². The van der Waals surface area contributed by atoms with Crippen LogP contribution in [0.4, 0.5) is 0 Å². The van der Waals surface area contributed by atoms with Crippen LogP contribution in [0.1, 0.15) is 62.4 Å². The SMILES string of the molecule is CC(C)n1cc(C(=O)N2C(C(=O)O)CC3CCCCC32)cn1. The Labute approximate surface area is 130 Å². The number of hydrogen-bond acceptors (Lipinski definition) is 3. The van der Waals surface area contributed by atoms with Crippen molar-refractivity contribution in [3.8, 4) is 0 Å². The Morgan fingerprint density at radius 3 is 2.68 bits per heavy atom. The van der Waals surface area contributed by atoms with Crippen LogP contribution in [0.25, 0.3) is 0 Å². The zero-order valence-corrected chi connectivity index (χ0v) is 13.1. The molecular weight excluding hydrogens is 282 g/mol. The second-order valence-corrected chi connectivity index (χ2v) is 6.72. The largest absolute Gasteiger partial charge is 0.480 e. The molecular formula is C16H23N3O3. The molecule has 3 atom stereocenters. The number of fused-ring (bicyclic) bond motifs is 1. The predicted octanol–water partition coefficient (Wildman–Crippen LogP) is 2.32. The molecule has 0 aromatic carbocycles. The average Bonchev–Trinajstić information content (AvgIpc) is 3.11. The van der Waals surface area contributed by atoms with E-state index in [0.29, 0.717) is 17.9 Å². The molecule has 6 heteroatoms. The van der Waals surface area contributed by atoms with E-state index >= 15 is 0 Å². The minimum Gasteiger partial charge on any atom is -0.480 e. The Hall–Kier alpha value is -1.85. The van der Waals surface area contributed by atoms with Crippen LogP contribution in [0.3, 0.4) is 0 Å². The van der Waals surface area contributed by atoms with Gasteiger partial charge in [-0.2, -0.15) is 5.10 Å². The van der Waals surface area contributed by atoms with Crippen LogP contribution in [-0.2, 0) is 4.79 Å². The van der Waals surface area contributed by atoms with Crippen molar-refractivity contribution in [2.45, 2.75) is 64.1 Å². The molecule has 3 unspecified atom stereocenters. The van der Waals surface area contributed by atoms with Gasteiger partial charge in [0.2, 0.25) is 0 Å². The number of nitrogens with zero attached hydrogens (tertiary/aromatic N) is 3. The van der Waals surface area contributed by atoms with Crippen molar-refractivity contribution in [3.63, 3.8) is 0 Å². The van der Waals surface area contributed by atoms with E-state index in [1.54, 1.807) is 22.0 Å². The maximum Gasteiger partial charge on any atom is 0.326 e. The summed E-state index contributed by atoms with van der Waals surface area (Å²) in [5.41, 5.74) is 0.492. The maximum absolute atomic E-state index is 12.9. The highest BCUT2D eigenvalue weighted by atomic mass is 16.4. The summed E-state index contributed by atoms with van der Waals surface area (Å²) in [5.74, 6) is -0.744. The van der Waals surface area contributed by atoms with Gasteiger partial charge in [0.1, 0.15) is 6.04 Å². The zero-order chi connectivity index (χ0) is 15.9. The molecule has 0 radical (unpaired) electrons. The summed E-state index contributed by atoms with van der Waals surface area (Å²) in [6.45, 7) is 3.99. The Morgan fingerprint density at radius 2 is 2.05 bits per heavy atom. The van der Waals surface area contributed by atoms with Gasteiger partial charge >= 0.3 is 5.97 Å². The average molecular weight is 305 g/mol. The quantitative estimate of drug-likeness (QED) is 0.930. The lowest BCUT2D eigenvalue weighted by atomic mass is 9.84. The van der Waals surface area contributed by atoms with Crippen molar-refractivity contribution in [2.24, 2.45) is 5.92 Å². The first-order valence-electron chi connectivity index (χ1n) is 8.08. The summed E-state index contributed by atoms with van der Waals surface area (Å²) >= 11 is 0. The van der Waals surface area contributed by atoms with E-state index in [2.05, 4.69) is 5.10 Å². The molecule has 2 heterocycles. The van der Waals surface area contributed by atoms with Gasteiger partial charge in [-0.15, -0.1) is 0 Å². The fourth-order valence-electron chi connectivity index (χ4n) is 3.85. The number of aliphatic carboxylic acids is 1. The molecule has 120 valence electrons. The molecule has 1 aliphatic heterocycles. The topological polar surface area (TPSA) is 75.4 Å². The van der Waals surface area contributed by atoms with Crippen molar-refractivity contribution < 1.29 is 14.7 Å². The number of carboxylic acids is 1. The van der Waals surface area contributed by atoms with Crippen molar-refractivity contribution >= 4 is 11.9 Å². The van der Waals surface area contributed by atoms with E-state index in [0.717, 1.165) is 25.7 Å². The molecule has 1 aliphatic carbocycles. The van der Waals surface area contributed by atoms with Crippen molar-refractivity contribution in [3.05, 3.63) is 18.0 Å². The second-order valence-electron chi connectivity index (χ2n) is 6.72. The standard InChI is InChI=1S/C16H23N3O3/c1-10(2)18-9-12(8-17-18)15(20)19-13-6-4-3-5-11(13)7-14(19)16(21)22/h8-11,13-14H,3-7H2,1-2H3,(H,21,22). The summed E-state index contributed by atoms with van der Waals surface area (Å²) < 4.78 is 1.73. The van der Waals surface area contributed by atoms with Crippen LogP contribution in [-0.4, -0.2) is 43.7 Å². The lowest BCUT2D eigenvalue weighted by molar-refractivity contribution is -0.141. The van der Waals surface area contributed by atoms with Crippen LogP contribution in [0, 0.1) is 5.92 Å². The first-order valence-corrected chi connectivity index (χ1v) is 8.08. The molecule has 3 rings (SSSR count). The summed E-state index contributed by atoms with van der Waals surface area (Å²) in [7, 11) is 0. The van der Waals surface area contributed by atoms with Crippen LogP contribution >= 0.6 is 0 Å². The molecule has 1 aromatic rings. The summed E-state index contributed by atoms with van der Waals surface area (Å²) in [6, 6.07) is -0.439. The number of carbonyl (C=O) groups is 2. The monoisotopic (exact) mass is 305 g/mol. The highest BCUT2D eigenvalue weighted by Crippen LogP contribution is 2.40. The molecule has 1 N–H and O–H groups in total. The lowest BCUT2D eigenvalue weighted by Crippen LogP contribution is -2.46. The number of hydrogen-bond donors (Lipinski definition) is 1. The zero-order valence-electron chi connectivity index (χ0n) is 13.1. The normalized spacial score (nSPS) is 28.0. The Kier molecular flexibility index (Phi) is 3.93. The van der Waals surface area contributed by atoms with Gasteiger partial charge < -0.3 is 10.0 Å². The number of likely N-dealkylation sites (tertiary alicyclic amines) is 1. The molecule has 2 fully saturated rings. The Morgan fingerprint density at radius 1 is 1.32 bits per heavy atom. The molecule has 2 aliphatic rings. The number of carboxylic acid groups (broad SMARTS) is 1. The highest BCUT2D eigenvalue weighted by molar-refractivity contribution is 5.97. The van der Waals surface area contributed by atoms with Gasteiger partial charge in [-0.05, 0) is 39.0 Å². The lowest BCUT2D eigenvalue weighted by Gasteiger charge is -2.32. The fourth-order valence-corrected chi connectivity index (χ4v) is 3.85. The van der Waals surface area contributed by atoms with Crippen LogP contribution in [0.15, 0.2) is 12.4 Å². The van der Waals surface area contributed by atoms with E-state index in [9.17, 15) is 14.7 Å². The smallest absolute Gasteiger partial charge is 0.326 e. The number of carbonyl (C=O) groups excluding carboxylic acids is 1. The first-order chi connectivity index (χ1) is 10.5. The van der Waals surface area contributed by atoms with Gasteiger partial charge in [0.05, 0.1) is 11.8 Å². The minimum absolute atomic E-state index is 0.0738. The first kappa shape index (κ1) is 15.1. The van der Waals surface area contributed by atoms with Gasteiger partial charge in [-0.25, -0.2) is 4.79 Å². The van der Waals surface area contributed by atoms with Gasteiger partial charge in [0.15, 0.2) is 0 Å². The number of amides is 1. The van der Waals surface area contributed by atoms with Crippen LogP contribution < -0.4 is 0 Å². The van der Waals surface area contributed by atoms with E-state index < -0.39 is 12.0 Å². The van der Waals surface area contributed by atoms with Gasteiger partial charge in [-0.3, -0.25) is 9.48 Å². The summed E-state index contributed by atoms with van der Waals surface area (Å²) in [6.07, 6.45) is 8.02. The Balaban J connectivity index is 1.88. The Bertz CT molecular complexity index is 581. The second kappa shape index (κ2) is 5.74. The molecule has 6 nitrogen and oxygen atoms in total. The summed E-state index contributed by atoms with van der Waals surface area (Å²) in [5, 5.41) is 13.7. The van der Waals surface area contributed by atoms with E-state index in [4.69, 9.17) is 0 Å². The van der Waals surface area contributed by atoms with Gasteiger partial charge in [0.25, 0.3) is 5.91 Å². The molecule has 1 amide bonds. The third-order valence-electron chi connectivity index (χ3n) is 4.99. The number of rotatable bonds is 3. The van der Waals surface area contributed by atoms with Crippen LogP contribution in [0.2, 0.25) is 0 Å². The third kappa shape index (κ3) is 2.51. The maximum atomic E-state index is 12.9. The molecule has 1 saturated heterocycles. The third-order valence-corrected chi connectivity index (χ3v) is 4.99. The van der Waals surface area contributed by atoms with E-state index in [1.807, 2.05) is 13.8 Å². The fraction of sp³-hybridized carbons (Fsp3) is 0.688. The molecule has 1 saturated carbocycles. The van der Waals surface area contributed by atoms with Gasteiger partial charge in [0, 0.05) is 18.3 Å². The molecule has 1 aromatic heterocycles. The molecule has 22 heavy (non-hydrogen) atoms. The van der Waals surface area contributed by atoms with E-state index in [-0.39, 0.29) is 18.0 Å². The molecule has 0 spiro atoms. The predicted molar refractivity (Wildman–Crippen MR) is 80.6 cm³/mol. The highest BCUT2D eigenvalue weighted by Gasteiger charge is 2.47. The minimum atomic E-state index is -0.890. The van der Waals surface area contributed by atoms with Crippen molar-refractivity contribution in [1.29, 1.82) is 0 Å². The van der Waals surface area contributed by atoms with Crippen molar-refractivity contribution in [2.75, 3.05) is 0 Å².